The Morgan fingerprint density at radius 3 is 2.27 bits per heavy atom. The van der Waals surface area contributed by atoms with Gasteiger partial charge in [0.05, 0.1) is 0 Å². The minimum Gasteiger partial charge on any atom is -0.0625 e. The second kappa shape index (κ2) is 2.50. The van der Waals surface area contributed by atoms with Gasteiger partial charge in [0.2, 0.25) is 0 Å². The fourth-order valence-corrected chi connectivity index (χ4v) is 3.05. The van der Waals surface area contributed by atoms with E-state index in [-0.39, 0.29) is 0 Å². The fourth-order valence-electron chi connectivity index (χ4n) is 3.05. The molecule has 0 amide bonds. The molecular formula is C11H20. The van der Waals surface area contributed by atoms with Crippen LogP contribution in [0.3, 0.4) is 0 Å². The molecule has 64 valence electrons. The summed E-state index contributed by atoms with van der Waals surface area (Å²) in [6.45, 7) is 4.95. The predicted molar refractivity (Wildman–Crippen MR) is 48.5 cm³/mol. The van der Waals surface area contributed by atoms with Crippen LogP contribution in [0.1, 0.15) is 52.4 Å². The number of rotatable bonds is 1. The molecule has 0 spiro atoms. The van der Waals surface area contributed by atoms with E-state index in [4.69, 9.17) is 0 Å². The summed E-state index contributed by atoms with van der Waals surface area (Å²) in [6.07, 6.45) is 9.09. The summed E-state index contributed by atoms with van der Waals surface area (Å²) < 4.78 is 0. The van der Waals surface area contributed by atoms with Crippen LogP contribution in [0.2, 0.25) is 0 Å². The van der Waals surface area contributed by atoms with Gasteiger partial charge in [-0.05, 0) is 42.9 Å². The normalized spacial score (nSPS) is 45.8. The van der Waals surface area contributed by atoms with Crippen molar-refractivity contribution in [3.8, 4) is 0 Å². The molecule has 2 aliphatic carbocycles. The van der Waals surface area contributed by atoms with Crippen molar-refractivity contribution in [2.75, 3.05) is 0 Å². The Balaban J connectivity index is 1.98. The van der Waals surface area contributed by atoms with Gasteiger partial charge in [-0.25, -0.2) is 0 Å². The third kappa shape index (κ3) is 1.21. The van der Waals surface area contributed by atoms with Gasteiger partial charge in [-0.15, -0.1) is 0 Å². The second-order valence-electron chi connectivity index (χ2n) is 5.13. The molecule has 0 bridgehead atoms. The Bertz CT molecular complexity index is 146. The lowest BCUT2D eigenvalue weighted by atomic mass is 9.65. The van der Waals surface area contributed by atoms with E-state index in [1.807, 2.05) is 0 Å². The van der Waals surface area contributed by atoms with E-state index in [1.54, 1.807) is 0 Å². The maximum atomic E-state index is 2.53. The fraction of sp³-hybridized carbons (Fsp3) is 1.00. The molecule has 0 aromatic rings. The molecule has 2 atom stereocenters. The van der Waals surface area contributed by atoms with Crippen molar-refractivity contribution in [3.63, 3.8) is 0 Å². The summed E-state index contributed by atoms with van der Waals surface area (Å²) in [5, 5.41) is 0. The zero-order valence-corrected chi connectivity index (χ0v) is 7.90. The summed E-state index contributed by atoms with van der Waals surface area (Å²) in [5.41, 5.74) is 0.762. The molecule has 2 fully saturated rings. The minimum atomic E-state index is 0.762. The highest BCUT2D eigenvalue weighted by Crippen LogP contribution is 2.53. The van der Waals surface area contributed by atoms with Crippen molar-refractivity contribution in [2.45, 2.75) is 52.4 Å². The third-order valence-electron chi connectivity index (χ3n) is 4.11. The SMILES string of the molecule is CC1CCC(C)(C2CCC2)C1. The summed E-state index contributed by atoms with van der Waals surface area (Å²) in [6, 6.07) is 0. The molecule has 0 aromatic carbocycles. The highest BCUT2D eigenvalue weighted by atomic mass is 14.5. The molecule has 0 aromatic heterocycles. The molecule has 2 saturated carbocycles. The summed E-state index contributed by atoms with van der Waals surface area (Å²) in [7, 11) is 0. The molecule has 0 nitrogen and oxygen atoms in total. The van der Waals surface area contributed by atoms with Crippen molar-refractivity contribution < 1.29 is 0 Å². The summed E-state index contributed by atoms with van der Waals surface area (Å²) in [4.78, 5) is 0. The smallest absolute Gasteiger partial charge is 0.0295 e. The Hall–Kier alpha value is 0. The highest BCUT2D eigenvalue weighted by molar-refractivity contribution is 4.92. The van der Waals surface area contributed by atoms with Gasteiger partial charge in [0, 0.05) is 0 Å². The quantitative estimate of drug-likeness (QED) is 0.538. The van der Waals surface area contributed by atoms with Gasteiger partial charge in [-0.2, -0.15) is 0 Å². The minimum absolute atomic E-state index is 0.762. The molecule has 0 aliphatic heterocycles. The van der Waals surface area contributed by atoms with E-state index < -0.39 is 0 Å². The molecule has 0 saturated heterocycles. The van der Waals surface area contributed by atoms with Crippen LogP contribution in [0, 0.1) is 17.3 Å². The predicted octanol–water partition coefficient (Wildman–Crippen LogP) is 3.61. The standard InChI is InChI=1S/C11H20/c1-9-6-7-11(2,8-9)10-4-3-5-10/h9-10H,3-8H2,1-2H3. The van der Waals surface area contributed by atoms with Crippen LogP contribution in [-0.2, 0) is 0 Å². The molecule has 2 aliphatic rings. The van der Waals surface area contributed by atoms with E-state index in [0.29, 0.717) is 0 Å². The van der Waals surface area contributed by atoms with Crippen LogP contribution >= 0.6 is 0 Å². The lowest BCUT2D eigenvalue weighted by Gasteiger charge is -2.40. The van der Waals surface area contributed by atoms with Gasteiger partial charge in [0.1, 0.15) is 0 Å². The lowest BCUT2D eigenvalue weighted by molar-refractivity contribution is 0.104. The monoisotopic (exact) mass is 152 g/mol. The van der Waals surface area contributed by atoms with Crippen LogP contribution in [-0.4, -0.2) is 0 Å². The molecule has 2 rings (SSSR count). The van der Waals surface area contributed by atoms with Gasteiger partial charge in [0.25, 0.3) is 0 Å². The van der Waals surface area contributed by atoms with Crippen LogP contribution in [0.4, 0.5) is 0 Å². The van der Waals surface area contributed by atoms with E-state index >= 15 is 0 Å². The molecule has 0 heteroatoms. The summed E-state index contributed by atoms with van der Waals surface area (Å²) in [5.74, 6) is 2.12. The molecular weight excluding hydrogens is 132 g/mol. The average Bonchev–Trinajstić information content (AvgIpc) is 2.06. The van der Waals surface area contributed by atoms with Crippen LogP contribution in [0.25, 0.3) is 0 Å². The van der Waals surface area contributed by atoms with Crippen molar-refractivity contribution >= 4 is 0 Å². The topological polar surface area (TPSA) is 0 Å². The summed E-state index contributed by atoms with van der Waals surface area (Å²) >= 11 is 0. The number of hydrogen-bond donors (Lipinski definition) is 0. The van der Waals surface area contributed by atoms with Gasteiger partial charge in [0.15, 0.2) is 0 Å². The van der Waals surface area contributed by atoms with Crippen LogP contribution in [0.15, 0.2) is 0 Å². The highest BCUT2D eigenvalue weighted by Gasteiger charge is 2.41. The zero-order valence-electron chi connectivity index (χ0n) is 7.90. The molecule has 11 heavy (non-hydrogen) atoms. The Kier molecular flexibility index (Phi) is 1.74. The molecule has 0 heterocycles. The first-order chi connectivity index (χ1) is 5.21. The van der Waals surface area contributed by atoms with Gasteiger partial charge in [-0.3, -0.25) is 0 Å². The first-order valence-corrected chi connectivity index (χ1v) is 5.21. The van der Waals surface area contributed by atoms with E-state index in [9.17, 15) is 0 Å². The second-order valence-corrected chi connectivity index (χ2v) is 5.13. The Morgan fingerprint density at radius 2 is 1.91 bits per heavy atom. The lowest BCUT2D eigenvalue weighted by Crippen LogP contribution is -2.30. The van der Waals surface area contributed by atoms with Gasteiger partial charge < -0.3 is 0 Å². The Morgan fingerprint density at radius 1 is 1.18 bits per heavy atom. The third-order valence-corrected chi connectivity index (χ3v) is 4.11. The Labute approximate surface area is 70.4 Å². The van der Waals surface area contributed by atoms with Gasteiger partial charge in [-0.1, -0.05) is 26.7 Å². The van der Waals surface area contributed by atoms with Crippen molar-refractivity contribution in [1.82, 2.24) is 0 Å². The average molecular weight is 152 g/mol. The maximum Gasteiger partial charge on any atom is -0.0295 e. The zero-order chi connectivity index (χ0) is 7.90. The maximum absolute atomic E-state index is 2.53. The van der Waals surface area contributed by atoms with E-state index in [1.165, 1.54) is 38.5 Å². The van der Waals surface area contributed by atoms with Gasteiger partial charge >= 0.3 is 0 Å². The van der Waals surface area contributed by atoms with E-state index in [0.717, 1.165) is 17.3 Å². The first-order valence-electron chi connectivity index (χ1n) is 5.21. The van der Waals surface area contributed by atoms with Crippen molar-refractivity contribution in [3.05, 3.63) is 0 Å². The van der Waals surface area contributed by atoms with Crippen molar-refractivity contribution in [1.29, 1.82) is 0 Å². The number of hydrogen-bond acceptors (Lipinski definition) is 0. The molecule has 0 N–H and O–H groups in total. The largest absolute Gasteiger partial charge is 0.0625 e. The molecule has 2 unspecified atom stereocenters. The van der Waals surface area contributed by atoms with E-state index in [2.05, 4.69) is 13.8 Å². The molecule has 0 radical (unpaired) electrons. The van der Waals surface area contributed by atoms with Crippen LogP contribution < -0.4 is 0 Å². The van der Waals surface area contributed by atoms with Crippen molar-refractivity contribution in [2.24, 2.45) is 17.3 Å². The van der Waals surface area contributed by atoms with Crippen LogP contribution in [0.5, 0.6) is 0 Å². The first kappa shape index (κ1) is 7.64.